The molecule has 0 heterocycles. The summed E-state index contributed by atoms with van der Waals surface area (Å²) in [6.07, 6.45) is 3.59. The second-order valence-corrected chi connectivity index (χ2v) is 4.69. The number of amides is 1. The smallest absolute Gasteiger partial charge is 0.277 e. The Morgan fingerprint density at radius 1 is 1.09 bits per heavy atom. The van der Waals surface area contributed by atoms with Crippen LogP contribution in [-0.4, -0.2) is 18.7 Å². The first-order valence-corrected chi connectivity index (χ1v) is 6.97. The summed E-state index contributed by atoms with van der Waals surface area (Å²) in [4.78, 5) is 11.6. The highest BCUT2D eigenvalue weighted by Gasteiger charge is 2.00. The van der Waals surface area contributed by atoms with Gasteiger partial charge in [-0.25, -0.2) is 5.43 Å². The van der Waals surface area contributed by atoms with Crippen LogP contribution in [0, 0.1) is 0 Å². The molecule has 4 heteroatoms. The third kappa shape index (κ3) is 5.63. The molecule has 0 atom stereocenters. The first-order chi connectivity index (χ1) is 10.7. The van der Waals surface area contributed by atoms with Crippen LogP contribution in [0.5, 0.6) is 5.75 Å². The number of benzene rings is 2. The van der Waals surface area contributed by atoms with Crippen LogP contribution in [0.15, 0.2) is 71.3 Å². The Labute approximate surface area is 130 Å². The lowest BCUT2D eigenvalue weighted by atomic mass is 10.1. The number of allylic oxidation sites excluding steroid dienone is 1. The molecular weight excluding hydrogens is 276 g/mol. The molecule has 1 N–H and O–H groups in total. The molecule has 0 saturated heterocycles. The van der Waals surface area contributed by atoms with Gasteiger partial charge in [-0.1, -0.05) is 54.6 Å². The zero-order valence-electron chi connectivity index (χ0n) is 12.4. The molecule has 0 fully saturated rings. The van der Waals surface area contributed by atoms with Crippen molar-refractivity contribution in [3.05, 3.63) is 71.8 Å². The summed E-state index contributed by atoms with van der Waals surface area (Å²) >= 11 is 0. The van der Waals surface area contributed by atoms with Gasteiger partial charge in [0.15, 0.2) is 6.61 Å². The fourth-order valence-corrected chi connectivity index (χ4v) is 1.75. The van der Waals surface area contributed by atoms with Gasteiger partial charge in [0, 0.05) is 0 Å². The molecule has 0 aromatic heterocycles. The summed E-state index contributed by atoms with van der Waals surface area (Å²) in [6.45, 7) is 1.85. The van der Waals surface area contributed by atoms with Gasteiger partial charge in [-0.2, -0.15) is 5.10 Å². The fraction of sp³-hybridized carbons (Fsp3) is 0.111. The van der Waals surface area contributed by atoms with Gasteiger partial charge >= 0.3 is 0 Å². The second kappa shape index (κ2) is 8.42. The first-order valence-electron chi connectivity index (χ1n) is 6.97. The second-order valence-electron chi connectivity index (χ2n) is 4.69. The third-order valence-electron chi connectivity index (χ3n) is 2.76. The number of carbonyl (C=O) groups is 1. The highest BCUT2D eigenvalue weighted by Crippen LogP contribution is 2.07. The van der Waals surface area contributed by atoms with Crippen LogP contribution in [-0.2, 0) is 4.79 Å². The van der Waals surface area contributed by atoms with Gasteiger partial charge in [0.05, 0.1) is 6.21 Å². The maximum Gasteiger partial charge on any atom is 0.277 e. The van der Waals surface area contributed by atoms with Gasteiger partial charge in [0.25, 0.3) is 5.91 Å². The molecule has 112 valence electrons. The van der Waals surface area contributed by atoms with Crippen molar-refractivity contribution in [2.45, 2.75) is 6.92 Å². The standard InChI is InChI=1S/C18H18N2O2/c1-15(12-16-8-4-2-5-9-16)13-19-20-18(21)14-22-17-10-6-3-7-11-17/h2-13H,14H2,1H3,(H,20,21)/b15-12+,19-13-. The topological polar surface area (TPSA) is 50.7 Å². The Balaban J connectivity index is 1.77. The van der Waals surface area contributed by atoms with Gasteiger partial charge in [-0.05, 0) is 30.2 Å². The van der Waals surface area contributed by atoms with E-state index in [9.17, 15) is 4.79 Å². The average molecular weight is 294 g/mol. The quantitative estimate of drug-likeness (QED) is 0.656. The molecule has 0 spiro atoms. The summed E-state index contributed by atoms with van der Waals surface area (Å²) in [6, 6.07) is 19.1. The van der Waals surface area contributed by atoms with E-state index in [1.165, 1.54) is 0 Å². The van der Waals surface area contributed by atoms with Crippen molar-refractivity contribution in [1.82, 2.24) is 5.43 Å². The summed E-state index contributed by atoms with van der Waals surface area (Å²) in [5.41, 5.74) is 4.46. The third-order valence-corrected chi connectivity index (χ3v) is 2.76. The van der Waals surface area contributed by atoms with E-state index in [2.05, 4.69) is 10.5 Å². The van der Waals surface area contributed by atoms with Gasteiger partial charge in [0.2, 0.25) is 0 Å². The fourth-order valence-electron chi connectivity index (χ4n) is 1.75. The number of carbonyl (C=O) groups excluding carboxylic acids is 1. The van der Waals surface area contributed by atoms with Gasteiger partial charge in [0.1, 0.15) is 5.75 Å². The van der Waals surface area contributed by atoms with Crippen LogP contribution in [0.2, 0.25) is 0 Å². The van der Waals surface area contributed by atoms with Crippen molar-refractivity contribution in [3.63, 3.8) is 0 Å². The van der Waals surface area contributed by atoms with E-state index in [1.807, 2.05) is 61.5 Å². The normalized spacial score (nSPS) is 11.4. The van der Waals surface area contributed by atoms with Crippen LogP contribution in [0.1, 0.15) is 12.5 Å². The summed E-state index contributed by atoms with van der Waals surface area (Å²) in [5.74, 6) is 0.356. The van der Waals surface area contributed by atoms with E-state index in [0.717, 1.165) is 11.1 Å². The molecule has 1 amide bonds. The summed E-state index contributed by atoms with van der Waals surface area (Å²) in [5, 5.41) is 3.91. The molecule has 0 aliphatic rings. The van der Waals surface area contributed by atoms with Crippen LogP contribution in [0.3, 0.4) is 0 Å². The van der Waals surface area contributed by atoms with Crippen LogP contribution < -0.4 is 10.2 Å². The van der Waals surface area contributed by atoms with E-state index >= 15 is 0 Å². The highest BCUT2D eigenvalue weighted by molar-refractivity contribution is 5.86. The Hall–Kier alpha value is -2.88. The van der Waals surface area contributed by atoms with Gasteiger partial charge < -0.3 is 4.74 Å². The lowest BCUT2D eigenvalue weighted by Crippen LogP contribution is -2.24. The molecule has 0 saturated carbocycles. The molecule has 0 aliphatic carbocycles. The number of hydrogen-bond donors (Lipinski definition) is 1. The number of nitrogens with one attached hydrogen (secondary N) is 1. The predicted octanol–water partition coefficient (Wildman–Crippen LogP) is 3.27. The predicted molar refractivity (Wildman–Crippen MR) is 88.7 cm³/mol. The Morgan fingerprint density at radius 2 is 1.73 bits per heavy atom. The molecule has 0 radical (unpaired) electrons. The lowest BCUT2D eigenvalue weighted by molar-refractivity contribution is -0.123. The zero-order valence-corrected chi connectivity index (χ0v) is 12.4. The molecule has 0 unspecified atom stereocenters. The zero-order chi connectivity index (χ0) is 15.6. The van der Waals surface area contributed by atoms with Crippen molar-refractivity contribution in [3.8, 4) is 5.75 Å². The number of hydrogen-bond acceptors (Lipinski definition) is 3. The molecule has 0 aliphatic heterocycles. The van der Waals surface area contributed by atoms with E-state index < -0.39 is 0 Å². The van der Waals surface area contributed by atoms with E-state index in [4.69, 9.17) is 4.74 Å². The Bertz CT molecular complexity index is 649. The molecule has 4 nitrogen and oxygen atoms in total. The van der Waals surface area contributed by atoms with Crippen LogP contribution in [0.25, 0.3) is 6.08 Å². The minimum atomic E-state index is -0.299. The Kier molecular flexibility index (Phi) is 5.93. The minimum absolute atomic E-state index is 0.0667. The highest BCUT2D eigenvalue weighted by atomic mass is 16.5. The largest absolute Gasteiger partial charge is 0.484 e. The van der Waals surface area contributed by atoms with E-state index in [-0.39, 0.29) is 12.5 Å². The number of rotatable bonds is 6. The molecular formula is C18H18N2O2. The monoisotopic (exact) mass is 294 g/mol. The molecule has 2 aromatic rings. The van der Waals surface area contributed by atoms with E-state index in [1.54, 1.807) is 18.3 Å². The minimum Gasteiger partial charge on any atom is -0.484 e. The van der Waals surface area contributed by atoms with Crippen LogP contribution >= 0.6 is 0 Å². The summed E-state index contributed by atoms with van der Waals surface area (Å²) in [7, 11) is 0. The van der Waals surface area contributed by atoms with Crippen molar-refractivity contribution >= 4 is 18.2 Å². The number of para-hydroxylation sites is 1. The number of hydrazone groups is 1. The molecule has 2 rings (SSSR count). The molecule has 2 aromatic carbocycles. The van der Waals surface area contributed by atoms with Crippen molar-refractivity contribution in [2.24, 2.45) is 5.10 Å². The molecule has 22 heavy (non-hydrogen) atoms. The number of nitrogens with zero attached hydrogens (tertiary/aromatic N) is 1. The summed E-state index contributed by atoms with van der Waals surface area (Å²) < 4.78 is 5.32. The first kappa shape index (κ1) is 15.5. The van der Waals surface area contributed by atoms with Gasteiger partial charge in [-0.15, -0.1) is 0 Å². The van der Waals surface area contributed by atoms with Crippen molar-refractivity contribution in [1.29, 1.82) is 0 Å². The SMILES string of the molecule is CC(/C=N\NC(=O)COc1ccccc1)=C\c1ccccc1. The van der Waals surface area contributed by atoms with Gasteiger partial charge in [-0.3, -0.25) is 4.79 Å². The van der Waals surface area contributed by atoms with E-state index in [0.29, 0.717) is 5.75 Å². The maximum atomic E-state index is 11.6. The number of ether oxygens (including phenoxy) is 1. The van der Waals surface area contributed by atoms with Crippen molar-refractivity contribution < 1.29 is 9.53 Å². The van der Waals surface area contributed by atoms with Crippen LogP contribution in [0.4, 0.5) is 0 Å². The Morgan fingerprint density at radius 3 is 2.41 bits per heavy atom. The average Bonchev–Trinajstić information content (AvgIpc) is 2.55. The maximum absolute atomic E-state index is 11.6. The lowest BCUT2D eigenvalue weighted by Gasteiger charge is -2.04. The molecule has 0 bridgehead atoms. The van der Waals surface area contributed by atoms with Crippen molar-refractivity contribution in [2.75, 3.05) is 6.61 Å².